The predicted molar refractivity (Wildman–Crippen MR) is 33.6 cm³/mol. The van der Waals surface area contributed by atoms with E-state index in [-0.39, 0.29) is 5.69 Å². The van der Waals surface area contributed by atoms with Gasteiger partial charge in [0, 0.05) is 7.05 Å². The zero-order chi connectivity index (χ0) is 8.43. The first-order valence-corrected chi connectivity index (χ1v) is 2.87. The molecule has 1 aromatic heterocycles. The topological polar surface area (TPSA) is 50.1 Å². The molecule has 11 heavy (non-hydrogen) atoms. The van der Waals surface area contributed by atoms with Gasteiger partial charge >= 0.3 is 0 Å². The molecule has 0 amide bonds. The monoisotopic (exact) mass is 163 g/mol. The van der Waals surface area contributed by atoms with Gasteiger partial charge in [0.05, 0.1) is 6.20 Å². The predicted octanol–water partition coefficient (Wildman–Crippen LogP) is 1.16. The van der Waals surface area contributed by atoms with Crippen molar-refractivity contribution >= 4 is 5.69 Å². The Morgan fingerprint density at radius 1 is 1.73 bits per heavy atom. The molecule has 0 radical (unpaired) electrons. The van der Waals surface area contributed by atoms with Crippen molar-refractivity contribution in [2.75, 3.05) is 5.48 Å². The smallest absolute Gasteiger partial charge is 0.284 e. The molecule has 0 atom stereocenters. The number of anilines is 1. The van der Waals surface area contributed by atoms with Gasteiger partial charge in [-0.25, -0.2) is 8.78 Å². The second-order valence-electron chi connectivity index (χ2n) is 2.01. The maximum absolute atomic E-state index is 12.0. The van der Waals surface area contributed by atoms with E-state index in [4.69, 9.17) is 5.21 Å². The molecule has 1 aromatic rings. The fourth-order valence-corrected chi connectivity index (χ4v) is 0.753. The zero-order valence-electron chi connectivity index (χ0n) is 5.75. The average Bonchev–Trinajstić information content (AvgIpc) is 2.30. The quantitative estimate of drug-likeness (QED) is 0.643. The van der Waals surface area contributed by atoms with Crippen LogP contribution in [0.1, 0.15) is 12.1 Å². The maximum atomic E-state index is 12.0. The highest BCUT2D eigenvalue weighted by molar-refractivity contribution is 5.44. The Labute approximate surface area is 61.4 Å². The number of hydrogen-bond acceptors (Lipinski definition) is 3. The molecule has 0 bridgehead atoms. The highest BCUT2D eigenvalue weighted by atomic mass is 19.3. The Kier molecular flexibility index (Phi) is 2.04. The molecule has 0 spiro atoms. The zero-order valence-corrected chi connectivity index (χ0v) is 5.75. The molecule has 0 unspecified atom stereocenters. The molecule has 0 saturated heterocycles. The van der Waals surface area contributed by atoms with E-state index < -0.39 is 12.1 Å². The lowest BCUT2D eigenvalue weighted by Gasteiger charge is -1.95. The number of aromatic nitrogens is 2. The fourth-order valence-electron chi connectivity index (χ4n) is 0.753. The molecule has 0 aliphatic carbocycles. The van der Waals surface area contributed by atoms with E-state index in [0.717, 1.165) is 0 Å². The van der Waals surface area contributed by atoms with Crippen LogP contribution in [0.4, 0.5) is 14.5 Å². The van der Waals surface area contributed by atoms with E-state index in [0.29, 0.717) is 0 Å². The van der Waals surface area contributed by atoms with Gasteiger partial charge in [-0.2, -0.15) is 5.10 Å². The average molecular weight is 163 g/mol. The number of nitrogens with one attached hydrogen (secondary N) is 1. The maximum Gasteiger partial charge on any atom is 0.284 e. The summed E-state index contributed by atoms with van der Waals surface area (Å²) in [6, 6.07) is 0. The lowest BCUT2D eigenvalue weighted by molar-refractivity contribution is 0.145. The highest BCUT2D eigenvalue weighted by Gasteiger charge is 2.16. The van der Waals surface area contributed by atoms with Crippen LogP contribution >= 0.6 is 0 Å². The van der Waals surface area contributed by atoms with Crippen LogP contribution in [0.15, 0.2) is 6.20 Å². The van der Waals surface area contributed by atoms with Crippen LogP contribution < -0.4 is 5.48 Å². The van der Waals surface area contributed by atoms with Crippen LogP contribution in [-0.2, 0) is 7.05 Å². The first kappa shape index (κ1) is 7.93. The van der Waals surface area contributed by atoms with Crippen molar-refractivity contribution in [2.24, 2.45) is 7.05 Å². The molecule has 0 aromatic carbocycles. The van der Waals surface area contributed by atoms with Gasteiger partial charge in [-0.1, -0.05) is 0 Å². The third-order valence-corrected chi connectivity index (χ3v) is 1.18. The van der Waals surface area contributed by atoms with Crippen molar-refractivity contribution in [3.05, 3.63) is 11.9 Å². The highest BCUT2D eigenvalue weighted by Crippen LogP contribution is 2.24. The molecule has 0 aliphatic rings. The number of hydrogen-bond donors (Lipinski definition) is 2. The van der Waals surface area contributed by atoms with Gasteiger partial charge in [-0.3, -0.25) is 15.4 Å². The first-order chi connectivity index (χ1) is 5.15. The number of halogens is 2. The van der Waals surface area contributed by atoms with Crippen molar-refractivity contribution in [3.63, 3.8) is 0 Å². The van der Waals surface area contributed by atoms with Gasteiger partial charge < -0.3 is 0 Å². The molecule has 2 N–H and O–H groups in total. The van der Waals surface area contributed by atoms with Crippen LogP contribution in [0.5, 0.6) is 0 Å². The molecule has 1 heterocycles. The molecule has 6 heteroatoms. The second kappa shape index (κ2) is 2.83. The molecule has 4 nitrogen and oxygen atoms in total. The molecule has 1 rings (SSSR count). The van der Waals surface area contributed by atoms with Crippen molar-refractivity contribution in [3.8, 4) is 0 Å². The fraction of sp³-hybridized carbons (Fsp3) is 0.400. The summed E-state index contributed by atoms with van der Waals surface area (Å²) in [6.45, 7) is 0. The minimum Gasteiger partial charge on any atom is -0.291 e. The van der Waals surface area contributed by atoms with Crippen LogP contribution in [0.3, 0.4) is 0 Å². The Bertz CT molecular complexity index is 248. The van der Waals surface area contributed by atoms with Crippen LogP contribution in [0, 0.1) is 0 Å². The molecule has 0 aliphatic heterocycles. The summed E-state index contributed by atoms with van der Waals surface area (Å²) in [7, 11) is 1.49. The minimum absolute atomic E-state index is 0.0671. The summed E-state index contributed by atoms with van der Waals surface area (Å²) in [5.41, 5.74) is 1.12. The Balaban J connectivity index is 3.02. The van der Waals surface area contributed by atoms with E-state index in [1.165, 1.54) is 17.9 Å². The number of alkyl halides is 2. The largest absolute Gasteiger partial charge is 0.291 e. The lowest BCUT2D eigenvalue weighted by atomic mass is 10.4. The van der Waals surface area contributed by atoms with Crippen molar-refractivity contribution in [1.82, 2.24) is 9.78 Å². The Morgan fingerprint density at radius 2 is 2.36 bits per heavy atom. The van der Waals surface area contributed by atoms with Gasteiger partial charge in [-0.15, -0.1) is 0 Å². The van der Waals surface area contributed by atoms with Gasteiger partial charge in [0.2, 0.25) is 0 Å². The van der Waals surface area contributed by atoms with Crippen LogP contribution in [-0.4, -0.2) is 15.0 Å². The molecule has 0 fully saturated rings. The number of rotatable bonds is 2. The minimum atomic E-state index is -2.68. The SMILES string of the molecule is Cn1cc(NO)c(C(F)F)n1. The Hall–Kier alpha value is -1.17. The van der Waals surface area contributed by atoms with Crippen LogP contribution in [0.2, 0.25) is 0 Å². The second-order valence-corrected chi connectivity index (χ2v) is 2.01. The first-order valence-electron chi connectivity index (χ1n) is 2.87. The summed E-state index contributed by atoms with van der Waals surface area (Å²) < 4.78 is 25.2. The van der Waals surface area contributed by atoms with Gasteiger partial charge in [0.1, 0.15) is 5.69 Å². The van der Waals surface area contributed by atoms with E-state index in [9.17, 15) is 8.78 Å². The number of nitrogens with zero attached hydrogens (tertiary/aromatic N) is 2. The lowest BCUT2D eigenvalue weighted by Crippen LogP contribution is -1.94. The van der Waals surface area contributed by atoms with Gasteiger partial charge in [0.15, 0.2) is 5.69 Å². The molecular formula is C5H7F2N3O. The Morgan fingerprint density at radius 3 is 2.73 bits per heavy atom. The summed E-state index contributed by atoms with van der Waals surface area (Å²) in [6.07, 6.45) is -1.41. The normalized spacial score (nSPS) is 10.6. The van der Waals surface area contributed by atoms with Crippen molar-refractivity contribution in [2.45, 2.75) is 6.43 Å². The van der Waals surface area contributed by atoms with E-state index in [2.05, 4.69) is 5.10 Å². The van der Waals surface area contributed by atoms with Crippen LogP contribution in [0.25, 0.3) is 0 Å². The van der Waals surface area contributed by atoms with Gasteiger partial charge in [0.25, 0.3) is 6.43 Å². The molecule has 0 saturated carbocycles. The third-order valence-electron chi connectivity index (χ3n) is 1.18. The summed E-state index contributed by atoms with van der Waals surface area (Å²) in [5.74, 6) is 0. The standard InChI is InChI=1S/C5H7F2N3O/c1-10-2-3(9-11)4(8-10)5(6)7/h2,5,9,11H,1H3. The summed E-state index contributed by atoms with van der Waals surface area (Å²) >= 11 is 0. The molecular weight excluding hydrogens is 156 g/mol. The van der Waals surface area contributed by atoms with Crippen molar-refractivity contribution in [1.29, 1.82) is 0 Å². The third kappa shape index (κ3) is 1.45. The number of aryl methyl sites for hydroxylation is 1. The van der Waals surface area contributed by atoms with Gasteiger partial charge in [-0.05, 0) is 0 Å². The summed E-state index contributed by atoms with van der Waals surface area (Å²) in [5, 5.41) is 11.8. The van der Waals surface area contributed by atoms with E-state index in [1.54, 1.807) is 5.48 Å². The van der Waals surface area contributed by atoms with E-state index >= 15 is 0 Å². The van der Waals surface area contributed by atoms with Crippen molar-refractivity contribution < 1.29 is 14.0 Å². The van der Waals surface area contributed by atoms with E-state index in [1.807, 2.05) is 0 Å². The molecule has 62 valence electrons. The summed E-state index contributed by atoms with van der Waals surface area (Å²) in [4.78, 5) is 0.